The summed E-state index contributed by atoms with van der Waals surface area (Å²) < 4.78 is 10.1. The van der Waals surface area contributed by atoms with Crippen molar-refractivity contribution in [2.45, 2.75) is 72.4 Å². The van der Waals surface area contributed by atoms with Gasteiger partial charge in [-0.05, 0) is 39.5 Å². The fraction of sp³-hybridized carbons (Fsp3) is 0.824. The number of alkyl carbamates (subject to hydrolysis) is 1. The van der Waals surface area contributed by atoms with E-state index in [0.717, 1.165) is 12.8 Å². The molecule has 0 aliphatic heterocycles. The summed E-state index contributed by atoms with van der Waals surface area (Å²) in [5.74, 6) is -0.730. The third kappa shape index (κ3) is 11.7. The van der Waals surface area contributed by atoms with Gasteiger partial charge in [0.05, 0.1) is 6.61 Å². The van der Waals surface area contributed by atoms with E-state index in [4.69, 9.17) is 9.47 Å². The molecular weight excluding hydrogens is 312 g/mol. The predicted molar refractivity (Wildman–Crippen MR) is 91.5 cm³/mol. The number of hydrogen-bond donors (Lipinski definition) is 2. The second kappa shape index (κ2) is 10.9. The van der Waals surface area contributed by atoms with Crippen molar-refractivity contribution in [3.63, 3.8) is 0 Å². The van der Waals surface area contributed by atoms with Crippen LogP contribution in [0.4, 0.5) is 4.79 Å². The van der Waals surface area contributed by atoms with Gasteiger partial charge in [0.1, 0.15) is 18.2 Å². The monoisotopic (exact) mass is 344 g/mol. The molecule has 0 aromatic heterocycles. The maximum atomic E-state index is 12.2. The number of unbranched alkanes of at least 4 members (excludes halogenated alkanes) is 1. The first-order valence-corrected chi connectivity index (χ1v) is 8.48. The highest BCUT2D eigenvalue weighted by molar-refractivity contribution is 5.88. The van der Waals surface area contributed by atoms with Crippen LogP contribution in [0, 0.1) is 5.92 Å². The van der Waals surface area contributed by atoms with Crippen LogP contribution in [0.3, 0.4) is 0 Å². The lowest BCUT2D eigenvalue weighted by molar-refractivity contribution is -0.144. The van der Waals surface area contributed by atoms with Gasteiger partial charge in [-0.15, -0.1) is 0 Å². The van der Waals surface area contributed by atoms with Crippen molar-refractivity contribution in [2.75, 3.05) is 13.2 Å². The smallest absolute Gasteiger partial charge is 0.408 e. The lowest BCUT2D eigenvalue weighted by Crippen LogP contribution is -2.49. The summed E-state index contributed by atoms with van der Waals surface area (Å²) in [5.41, 5.74) is -0.647. The average molecular weight is 344 g/mol. The Kier molecular flexibility index (Phi) is 10.1. The molecular formula is C17H32N2O5. The second-order valence-electron chi connectivity index (χ2n) is 7.12. The molecule has 0 heterocycles. The standard InChI is InChI=1S/C17H32N2O5/c1-7-8-9-23-14(20)11-18-15(21)13(10-12(2)3)19-16(22)24-17(4,5)6/h12-13H,7-11H2,1-6H3,(H,18,21)(H,19,22). The Balaban J connectivity index is 4.50. The summed E-state index contributed by atoms with van der Waals surface area (Å²) >= 11 is 0. The van der Waals surface area contributed by atoms with Crippen LogP contribution in [0.25, 0.3) is 0 Å². The Labute approximate surface area is 144 Å². The normalized spacial score (nSPS) is 12.5. The quantitative estimate of drug-likeness (QED) is 0.495. The fourth-order valence-electron chi connectivity index (χ4n) is 1.82. The van der Waals surface area contributed by atoms with Gasteiger partial charge in [0.15, 0.2) is 0 Å². The predicted octanol–water partition coefficient (Wildman–Crippen LogP) is 2.39. The van der Waals surface area contributed by atoms with Crippen molar-refractivity contribution in [1.82, 2.24) is 10.6 Å². The summed E-state index contributed by atoms with van der Waals surface area (Å²) in [5, 5.41) is 5.05. The molecule has 7 nitrogen and oxygen atoms in total. The van der Waals surface area contributed by atoms with Crippen molar-refractivity contribution >= 4 is 18.0 Å². The number of esters is 1. The van der Waals surface area contributed by atoms with Gasteiger partial charge in [-0.3, -0.25) is 9.59 Å². The van der Waals surface area contributed by atoms with Gasteiger partial charge in [0, 0.05) is 0 Å². The molecule has 140 valence electrons. The molecule has 1 atom stereocenters. The SMILES string of the molecule is CCCCOC(=O)CNC(=O)C(CC(C)C)NC(=O)OC(C)(C)C. The van der Waals surface area contributed by atoms with E-state index >= 15 is 0 Å². The highest BCUT2D eigenvalue weighted by atomic mass is 16.6. The zero-order valence-electron chi connectivity index (χ0n) is 15.7. The van der Waals surface area contributed by atoms with E-state index in [-0.39, 0.29) is 12.5 Å². The summed E-state index contributed by atoms with van der Waals surface area (Å²) in [7, 11) is 0. The van der Waals surface area contributed by atoms with Gasteiger partial charge >= 0.3 is 12.1 Å². The number of rotatable bonds is 9. The lowest BCUT2D eigenvalue weighted by atomic mass is 10.0. The van der Waals surface area contributed by atoms with Crippen LogP contribution in [0.5, 0.6) is 0 Å². The second-order valence-corrected chi connectivity index (χ2v) is 7.12. The van der Waals surface area contributed by atoms with E-state index in [1.165, 1.54) is 0 Å². The van der Waals surface area contributed by atoms with Crippen LogP contribution in [0.1, 0.15) is 60.8 Å². The minimum atomic E-state index is -0.761. The Morgan fingerprint density at radius 1 is 1.12 bits per heavy atom. The molecule has 0 fully saturated rings. The Morgan fingerprint density at radius 2 is 1.75 bits per heavy atom. The van der Waals surface area contributed by atoms with E-state index in [1.807, 2.05) is 20.8 Å². The van der Waals surface area contributed by atoms with Crippen LogP contribution in [-0.2, 0) is 19.1 Å². The molecule has 0 rings (SSSR count). The van der Waals surface area contributed by atoms with Crippen molar-refractivity contribution in [2.24, 2.45) is 5.92 Å². The highest BCUT2D eigenvalue weighted by Gasteiger charge is 2.25. The molecule has 1 unspecified atom stereocenters. The molecule has 2 N–H and O–H groups in total. The van der Waals surface area contributed by atoms with Crippen LogP contribution >= 0.6 is 0 Å². The van der Waals surface area contributed by atoms with Gasteiger partial charge in [-0.2, -0.15) is 0 Å². The van der Waals surface area contributed by atoms with E-state index in [2.05, 4.69) is 10.6 Å². The van der Waals surface area contributed by atoms with Crippen LogP contribution in [0.2, 0.25) is 0 Å². The summed E-state index contributed by atoms with van der Waals surface area (Å²) in [6.45, 7) is 11.2. The zero-order chi connectivity index (χ0) is 18.8. The number of hydrogen-bond acceptors (Lipinski definition) is 5. The molecule has 24 heavy (non-hydrogen) atoms. The van der Waals surface area contributed by atoms with Gasteiger partial charge in [0.2, 0.25) is 5.91 Å². The summed E-state index contributed by atoms with van der Waals surface area (Å²) in [4.78, 5) is 35.6. The first kappa shape index (κ1) is 22.2. The minimum Gasteiger partial charge on any atom is -0.464 e. The maximum Gasteiger partial charge on any atom is 0.408 e. The summed E-state index contributed by atoms with van der Waals surface area (Å²) in [6, 6.07) is -0.761. The maximum absolute atomic E-state index is 12.2. The summed E-state index contributed by atoms with van der Waals surface area (Å²) in [6.07, 6.45) is 1.50. The molecule has 0 spiro atoms. The first-order valence-electron chi connectivity index (χ1n) is 8.48. The third-order valence-electron chi connectivity index (χ3n) is 2.88. The number of carbonyl (C=O) groups excluding carboxylic acids is 3. The van der Waals surface area contributed by atoms with E-state index in [0.29, 0.717) is 13.0 Å². The largest absolute Gasteiger partial charge is 0.464 e. The number of nitrogens with one attached hydrogen (secondary N) is 2. The molecule has 0 radical (unpaired) electrons. The highest BCUT2D eigenvalue weighted by Crippen LogP contribution is 2.09. The molecule has 0 bridgehead atoms. The Bertz CT molecular complexity index is 416. The van der Waals surface area contributed by atoms with Crippen LogP contribution in [-0.4, -0.2) is 42.8 Å². The van der Waals surface area contributed by atoms with E-state index < -0.39 is 29.6 Å². The van der Waals surface area contributed by atoms with Crippen molar-refractivity contribution in [3.8, 4) is 0 Å². The van der Waals surface area contributed by atoms with Crippen molar-refractivity contribution < 1.29 is 23.9 Å². The molecule has 0 aliphatic rings. The van der Waals surface area contributed by atoms with E-state index in [9.17, 15) is 14.4 Å². The number of carbonyl (C=O) groups is 3. The molecule has 2 amide bonds. The first-order chi connectivity index (χ1) is 11.0. The Morgan fingerprint density at radius 3 is 2.25 bits per heavy atom. The minimum absolute atomic E-state index is 0.187. The third-order valence-corrected chi connectivity index (χ3v) is 2.88. The molecule has 0 aliphatic carbocycles. The topological polar surface area (TPSA) is 93.7 Å². The molecule has 7 heteroatoms. The van der Waals surface area contributed by atoms with Gasteiger partial charge < -0.3 is 20.1 Å². The molecule has 0 saturated heterocycles. The molecule has 0 saturated carbocycles. The van der Waals surface area contributed by atoms with Crippen LogP contribution in [0.15, 0.2) is 0 Å². The van der Waals surface area contributed by atoms with E-state index in [1.54, 1.807) is 20.8 Å². The zero-order valence-corrected chi connectivity index (χ0v) is 15.7. The molecule has 0 aromatic rings. The lowest BCUT2D eigenvalue weighted by Gasteiger charge is -2.24. The number of amides is 2. The van der Waals surface area contributed by atoms with Gasteiger partial charge in [-0.25, -0.2) is 4.79 Å². The van der Waals surface area contributed by atoms with Crippen LogP contribution < -0.4 is 10.6 Å². The fourth-order valence-corrected chi connectivity index (χ4v) is 1.82. The van der Waals surface area contributed by atoms with Crippen molar-refractivity contribution in [3.05, 3.63) is 0 Å². The molecule has 0 aromatic carbocycles. The van der Waals surface area contributed by atoms with Gasteiger partial charge in [0.25, 0.3) is 0 Å². The average Bonchev–Trinajstić information content (AvgIpc) is 2.41. The van der Waals surface area contributed by atoms with Crippen molar-refractivity contribution in [1.29, 1.82) is 0 Å². The number of ether oxygens (including phenoxy) is 2. The Hall–Kier alpha value is -1.79. The van der Waals surface area contributed by atoms with Gasteiger partial charge in [-0.1, -0.05) is 27.2 Å².